The SMILES string of the molecule is CC1CCCCC1(O)CC=C(Cl)Cl. The van der Waals surface area contributed by atoms with Crippen molar-refractivity contribution >= 4 is 23.2 Å². The lowest BCUT2D eigenvalue weighted by Gasteiger charge is -2.37. The standard InChI is InChI=1S/C10H16Cl2O/c1-8-4-2-3-6-10(8,13)7-5-9(11)12/h5,8,13H,2-4,6-7H2,1H3. The first kappa shape index (κ1) is 11.4. The number of hydrogen-bond acceptors (Lipinski definition) is 1. The van der Waals surface area contributed by atoms with E-state index in [0.717, 1.165) is 19.3 Å². The second-order valence-corrected chi connectivity index (χ2v) is 4.96. The first-order valence-electron chi connectivity index (χ1n) is 4.78. The Hall–Kier alpha value is 0.280. The fraction of sp³-hybridized carbons (Fsp3) is 0.800. The van der Waals surface area contributed by atoms with Gasteiger partial charge in [-0.15, -0.1) is 0 Å². The lowest BCUT2D eigenvalue weighted by molar-refractivity contribution is -0.0382. The fourth-order valence-electron chi connectivity index (χ4n) is 1.95. The summed E-state index contributed by atoms with van der Waals surface area (Å²) in [7, 11) is 0. The van der Waals surface area contributed by atoms with E-state index in [1.54, 1.807) is 6.08 Å². The zero-order valence-electron chi connectivity index (χ0n) is 7.89. The third-order valence-electron chi connectivity index (χ3n) is 3.02. The summed E-state index contributed by atoms with van der Waals surface area (Å²) >= 11 is 11.0. The molecule has 1 fully saturated rings. The third-order valence-corrected chi connectivity index (χ3v) is 3.33. The van der Waals surface area contributed by atoms with Gasteiger partial charge in [0.15, 0.2) is 0 Å². The van der Waals surface area contributed by atoms with E-state index in [9.17, 15) is 5.11 Å². The van der Waals surface area contributed by atoms with Crippen LogP contribution in [0.4, 0.5) is 0 Å². The minimum absolute atomic E-state index is 0.256. The molecule has 0 heterocycles. The second kappa shape index (κ2) is 4.68. The summed E-state index contributed by atoms with van der Waals surface area (Å²) < 4.78 is 0.256. The van der Waals surface area contributed by atoms with Crippen molar-refractivity contribution in [2.24, 2.45) is 5.92 Å². The van der Waals surface area contributed by atoms with Crippen molar-refractivity contribution in [1.29, 1.82) is 0 Å². The van der Waals surface area contributed by atoms with Gasteiger partial charge in [-0.3, -0.25) is 0 Å². The summed E-state index contributed by atoms with van der Waals surface area (Å²) in [4.78, 5) is 0. The van der Waals surface area contributed by atoms with Gasteiger partial charge < -0.3 is 5.11 Å². The Morgan fingerprint density at radius 2 is 2.23 bits per heavy atom. The summed E-state index contributed by atoms with van der Waals surface area (Å²) in [6.07, 6.45) is 6.58. The van der Waals surface area contributed by atoms with Gasteiger partial charge in [0.1, 0.15) is 4.49 Å². The molecular formula is C10H16Cl2O. The Morgan fingerprint density at radius 1 is 1.54 bits per heavy atom. The molecule has 76 valence electrons. The highest BCUT2D eigenvalue weighted by Crippen LogP contribution is 2.36. The van der Waals surface area contributed by atoms with E-state index in [-0.39, 0.29) is 4.49 Å². The average molecular weight is 223 g/mol. The van der Waals surface area contributed by atoms with Crippen molar-refractivity contribution in [2.45, 2.75) is 44.6 Å². The minimum atomic E-state index is -0.576. The van der Waals surface area contributed by atoms with Gasteiger partial charge in [-0.05, 0) is 25.2 Å². The van der Waals surface area contributed by atoms with Crippen molar-refractivity contribution in [2.75, 3.05) is 0 Å². The predicted octanol–water partition coefficient (Wildman–Crippen LogP) is 3.64. The Labute approximate surface area is 89.7 Å². The molecule has 2 atom stereocenters. The van der Waals surface area contributed by atoms with E-state index < -0.39 is 5.60 Å². The van der Waals surface area contributed by atoms with Gasteiger partial charge in [-0.25, -0.2) is 0 Å². The molecule has 0 radical (unpaired) electrons. The van der Waals surface area contributed by atoms with Gasteiger partial charge in [0.05, 0.1) is 5.60 Å². The number of halogens is 2. The van der Waals surface area contributed by atoms with Gasteiger partial charge in [-0.1, -0.05) is 49.0 Å². The maximum Gasteiger partial charge on any atom is 0.102 e. The minimum Gasteiger partial charge on any atom is -0.389 e. The normalized spacial score (nSPS) is 34.3. The molecule has 2 unspecified atom stereocenters. The molecule has 0 spiro atoms. The molecule has 0 aromatic rings. The zero-order valence-corrected chi connectivity index (χ0v) is 9.41. The quantitative estimate of drug-likeness (QED) is 0.757. The fourth-order valence-corrected chi connectivity index (χ4v) is 2.11. The predicted molar refractivity (Wildman–Crippen MR) is 57.0 cm³/mol. The van der Waals surface area contributed by atoms with E-state index in [1.807, 2.05) is 0 Å². The molecule has 1 nitrogen and oxygen atoms in total. The Morgan fingerprint density at radius 3 is 2.77 bits per heavy atom. The van der Waals surface area contributed by atoms with E-state index in [4.69, 9.17) is 23.2 Å². The van der Waals surface area contributed by atoms with Crippen LogP contribution < -0.4 is 0 Å². The lowest BCUT2D eigenvalue weighted by atomic mass is 9.74. The second-order valence-electron chi connectivity index (χ2n) is 3.95. The van der Waals surface area contributed by atoms with Crippen LogP contribution in [0.1, 0.15) is 39.0 Å². The van der Waals surface area contributed by atoms with E-state index in [2.05, 4.69) is 6.92 Å². The lowest BCUT2D eigenvalue weighted by Crippen LogP contribution is -2.38. The van der Waals surface area contributed by atoms with Gasteiger partial charge in [0, 0.05) is 0 Å². The zero-order chi connectivity index (χ0) is 9.90. The van der Waals surface area contributed by atoms with E-state index in [1.165, 1.54) is 6.42 Å². The van der Waals surface area contributed by atoms with E-state index in [0.29, 0.717) is 12.3 Å². The highest BCUT2D eigenvalue weighted by atomic mass is 35.5. The molecule has 0 bridgehead atoms. The first-order chi connectivity index (χ1) is 6.04. The molecule has 0 aliphatic heterocycles. The molecule has 1 saturated carbocycles. The highest BCUT2D eigenvalue weighted by Gasteiger charge is 2.34. The van der Waals surface area contributed by atoms with Crippen LogP contribution in [0, 0.1) is 5.92 Å². The third kappa shape index (κ3) is 3.16. The molecule has 0 aromatic carbocycles. The van der Waals surface area contributed by atoms with Gasteiger partial charge in [-0.2, -0.15) is 0 Å². The topological polar surface area (TPSA) is 20.2 Å². The Balaban J connectivity index is 2.56. The molecule has 0 saturated heterocycles. The number of hydrogen-bond donors (Lipinski definition) is 1. The van der Waals surface area contributed by atoms with Crippen molar-refractivity contribution < 1.29 is 5.11 Å². The van der Waals surface area contributed by atoms with Crippen molar-refractivity contribution in [3.8, 4) is 0 Å². The van der Waals surface area contributed by atoms with E-state index >= 15 is 0 Å². The molecule has 0 aromatic heterocycles. The molecule has 0 amide bonds. The van der Waals surface area contributed by atoms with Gasteiger partial charge in [0.2, 0.25) is 0 Å². The summed E-state index contributed by atoms with van der Waals surface area (Å²) in [6.45, 7) is 2.09. The summed E-state index contributed by atoms with van der Waals surface area (Å²) in [5.41, 5.74) is -0.576. The monoisotopic (exact) mass is 222 g/mol. The van der Waals surface area contributed by atoms with Crippen LogP contribution >= 0.6 is 23.2 Å². The van der Waals surface area contributed by atoms with Crippen LogP contribution in [0.2, 0.25) is 0 Å². The molecule has 1 rings (SSSR count). The average Bonchev–Trinajstić information content (AvgIpc) is 2.07. The number of rotatable bonds is 2. The van der Waals surface area contributed by atoms with Gasteiger partial charge in [0.25, 0.3) is 0 Å². The van der Waals surface area contributed by atoms with Crippen LogP contribution in [0.15, 0.2) is 10.6 Å². The maximum atomic E-state index is 10.2. The number of aliphatic hydroxyl groups is 1. The molecule has 1 aliphatic carbocycles. The summed E-state index contributed by atoms with van der Waals surface area (Å²) in [5, 5.41) is 10.2. The smallest absolute Gasteiger partial charge is 0.102 e. The van der Waals surface area contributed by atoms with Crippen LogP contribution in [0.3, 0.4) is 0 Å². The largest absolute Gasteiger partial charge is 0.389 e. The van der Waals surface area contributed by atoms with Crippen molar-refractivity contribution in [3.63, 3.8) is 0 Å². The molecule has 13 heavy (non-hydrogen) atoms. The summed E-state index contributed by atoms with van der Waals surface area (Å²) in [6, 6.07) is 0. The van der Waals surface area contributed by atoms with Crippen molar-refractivity contribution in [1.82, 2.24) is 0 Å². The molecular weight excluding hydrogens is 207 g/mol. The molecule has 3 heteroatoms. The summed E-state index contributed by atoms with van der Waals surface area (Å²) in [5.74, 6) is 0.352. The van der Waals surface area contributed by atoms with Gasteiger partial charge >= 0.3 is 0 Å². The van der Waals surface area contributed by atoms with Crippen LogP contribution in [-0.2, 0) is 0 Å². The molecule has 1 N–H and O–H groups in total. The molecule has 1 aliphatic rings. The first-order valence-corrected chi connectivity index (χ1v) is 5.54. The van der Waals surface area contributed by atoms with Crippen molar-refractivity contribution in [3.05, 3.63) is 10.6 Å². The van der Waals surface area contributed by atoms with Crippen LogP contribution in [0.5, 0.6) is 0 Å². The van der Waals surface area contributed by atoms with Crippen LogP contribution in [-0.4, -0.2) is 10.7 Å². The Bertz CT molecular complexity index is 199. The highest BCUT2D eigenvalue weighted by molar-refractivity contribution is 6.55. The maximum absolute atomic E-state index is 10.2. The van der Waals surface area contributed by atoms with Crippen LogP contribution in [0.25, 0.3) is 0 Å². The Kier molecular flexibility index (Phi) is 4.08.